The first-order chi connectivity index (χ1) is 12.1. The molecule has 0 unspecified atom stereocenters. The average Bonchev–Trinajstić information content (AvgIpc) is 2.85. The molecular formula is C18H21ClF3N3O. The van der Waals surface area contributed by atoms with Crippen molar-refractivity contribution in [1.29, 1.82) is 0 Å². The third kappa shape index (κ3) is 3.98. The van der Waals surface area contributed by atoms with Crippen molar-refractivity contribution in [3.05, 3.63) is 46.5 Å². The van der Waals surface area contributed by atoms with Crippen LogP contribution in [0.3, 0.4) is 0 Å². The Bertz CT molecular complexity index is 808. The molecule has 0 radical (unpaired) electrons. The standard InChI is InChI=1S/C18H21ClF3N3O/c1-5-18(3,6-2)24-13-9-25(4)16(15(13)22)17(26)23-10-7-11(19)14(21)12(20)8-10/h7-9,24H,5-6H2,1-4H3,(H,23,26). The number of nitrogens with one attached hydrogen (secondary N) is 2. The van der Waals surface area contributed by atoms with Crippen LogP contribution >= 0.6 is 11.6 Å². The van der Waals surface area contributed by atoms with Crippen molar-refractivity contribution in [3.8, 4) is 0 Å². The molecule has 1 amide bonds. The normalized spacial score (nSPS) is 11.5. The lowest BCUT2D eigenvalue weighted by Gasteiger charge is -2.28. The number of amides is 1. The van der Waals surface area contributed by atoms with Crippen LogP contribution in [0.5, 0.6) is 0 Å². The van der Waals surface area contributed by atoms with E-state index >= 15 is 0 Å². The van der Waals surface area contributed by atoms with E-state index in [1.165, 1.54) is 17.8 Å². The Hall–Kier alpha value is -2.15. The maximum Gasteiger partial charge on any atom is 0.275 e. The molecular weight excluding hydrogens is 367 g/mol. The SMILES string of the molecule is CCC(C)(CC)Nc1cn(C)c(C(=O)Nc2cc(F)c(F)c(Cl)c2)c1F. The second kappa shape index (κ2) is 7.61. The van der Waals surface area contributed by atoms with Crippen molar-refractivity contribution < 1.29 is 18.0 Å². The molecule has 4 nitrogen and oxygen atoms in total. The first-order valence-electron chi connectivity index (χ1n) is 8.20. The van der Waals surface area contributed by atoms with Crippen molar-refractivity contribution >= 4 is 28.9 Å². The molecule has 1 aromatic heterocycles. The second-order valence-corrected chi connectivity index (χ2v) is 6.82. The van der Waals surface area contributed by atoms with Gasteiger partial charge in [-0.2, -0.15) is 0 Å². The molecule has 0 atom stereocenters. The minimum atomic E-state index is -1.21. The summed E-state index contributed by atoms with van der Waals surface area (Å²) in [5.74, 6) is -3.93. The van der Waals surface area contributed by atoms with Crippen LogP contribution in [0.25, 0.3) is 0 Å². The van der Waals surface area contributed by atoms with E-state index in [2.05, 4.69) is 10.6 Å². The van der Waals surface area contributed by atoms with Gasteiger partial charge in [0.1, 0.15) is 5.69 Å². The zero-order valence-electron chi connectivity index (χ0n) is 15.0. The summed E-state index contributed by atoms with van der Waals surface area (Å²) in [6, 6.07) is 1.84. The number of halogens is 4. The Morgan fingerprint density at radius 1 is 1.19 bits per heavy atom. The van der Waals surface area contributed by atoms with Crippen molar-refractivity contribution in [1.82, 2.24) is 4.57 Å². The third-order valence-corrected chi connectivity index (χ3v) is 4.85. The number of hydrogen-bond acceptors (Lipinski definition) is 2. The van der Waals surface area contributed by atoms with Crippen LogP contribution in [0.2, 0.25) is 5.02 Å². The van der Waals surface area contributed by atoms with E-state index in [4.69, 9.17) is 11.6 Å². The van der Waals surface area contributed by atoms with E-state index in [0.29, 0.717) is 0 Å². The van der Waals surface area contributed by atoms with Gasteiger partial charge in [-0.1, -0.05) is 25.4 Å². The minimum absolute atomic E-state index is 0.0686. The highest BCUT2D eigenvalue weighted by Crippen LogP contribution is 2.28. The molecule has 1 aromatic carbocycles. The highest BCUT2D eigenvalue weighted by Gasteiger charge is 2.26. The number of hydrogen-bond donors (Lipinski definition) is 2. The van der Waals surface area contributed by atoms with Gasteiger partial charge in [-0.15, -0.1) is 0 Å². The first-order valence-corrected chi connectivity index (χ1v) is 8.58. The number of carbonyl (C=O) groups is 1. The fourth-order valence-corrected chi connectivity index (χ4v) is 2.72. The molecule has 1 heterocycles. The van der Waals surface area contributed by atoms with Crippen molar-refractivity contribution in [3.63, 3.8) is 0 Å². The van der Waals surface area contributed by atoms with Gasteiger partial charge in [0.2, 0.25) is 0 Å². The van der Waals surface area contributed by atoms with Gasteiger partial charge in [-0.25, -0.2) is 13.2 Å². The number of benzene rings is 1. The molecule has 0 saturated carbocycles. The zero-order chi connectivity index (χ0) is 19.6. The molecule has 2 rings (SSSR count). The smallest absolute Gasteiger partial charge is 0.275 e. The number of aromatic nitrogens is 1. The van der Waals surface area contributed by atoms with E-state index in [1.807, 2.05) is 20.8 Å². The molecule has 0 bridgehead atoms. The lowest BCUT2D eigenvalue weighted by atomic mass is 9.95. The first kappa shape index (κ1) is 20.2. The van der Waals surface area contributed by atoms with E-state index in [-0.39, 0.29) is 22.6 Å². The second-order valence-electron chi connectivity index (χ2n) is 6.42. The molecule has 0 saturated heterocycles. The average molecular weight is 388 g/mol. The van der Waals surface area contributed by atoms with Crippen molar-refractivity contribution in [2.24, 2.45) is 7.05 Å². The van der Waals surface area contributed by atoms with Crippen LogP contribution < -0.4 is 10.6 Å². The molecule has 0 aliphatic carbocycles. The fourth-order valence-electron chi connectivity index (χ4n) is 2.51. The van der Waals surface area contributed by atoms with Crippen LogP contribution in [0.4, 0.5) is 24.5 Å². The summed E-state index contributed by atoms with van der Waals surface area (Å²) >= 11 is 5.56. The van der Waals surface area contributed by atoms with Gasteiger partial charge < -0.3 is 15.2 Å². The summed E-state index contributed by atoms with van der Waals surface area (Å²) in [5, 5.41) is 4.98. The largest absolute Gasteiger partial charge is 0.376 e. The van der Waals surface area contributed by atoms with E-state index < -0.39 is 28.4 Å². The molecule has 2 N–H and O–H groups in total. The van der Waals surface area contributed by atoms with E-state index in [9.17, 15) is 18.0 Å². The highest BCUT2D eigenvalue weighted by atomic mass is 35.5. The monoisotopic (exact) mass is 387 g/mol. The highest BCUT2D eigenvalue weighted by molar-refractivity contribution is 6.31. The number of rotatable bonds is 6. The predicted molar refractivity (Wildman–Crippen MR) is 97.3 cm³/mol. The number of aryl methyl sites for hydroxylation is 1. The lowest BCUT2D eigenvalue weighted by Crippen LogP contribution is -2.33. The summed E-state index contributed by atoms with van der Waals surface area (Å²) in [5.41, 5.74) is -0.417. The molecule has 8 heteroatoms. The van der Waals surface area contributed by atoms with Crippen LogP contribution in [-0.4, -0.2) is 16.0 Å². The summed E-state index contributed by atoms with van der Waals surface area (Å²) in [6.45, 7) is 5.93. The molecule has 0 spiro atoms. The van der Waals surface area contributed by atoms with Gasteiger partial charge in [0.15, 0.2) is 17.5 Å². The van der Waals surface area contributed by atoms with E-state index in [0.717, 1.165) is 25.0 Å². The Morgan fingerprint density at radius 3 is 2.35 bits per heavy atom. The molecule has 0 fully saturated rings. The maximum absolute atomic E-state index is 14.8. The Balaban J connectivity index is 2.30. The van der Waals surface area contributed by atoms with Crippen molar-refractivity contribution in [2.75, 3.05) is 10.6 Å². The van der Waals surface area contributed by atoms with Crippen LogP contribution in [0.15, 0.2) is 18.3 Å². The molecule has 26 heavy (non-hydrogen) atoms. The van der Waals surface area contributed by atoms with Gasteiger partial charge in [-0.05, 0) is 25.8 Å². The molecule has 142 valence electrons. The number of nitrogens with zero attached hydrogens (tertiary/aromatic N) is 1. The Kier molecular flexibility index (Phi) is 5.91. The third-order valence-electron chi connectivity index (χ3n) is 4.57. The van der Waals surface area contributed by atoms with Gasteiger partial charge in [-0.3, -0.25) is 4.79 Å². The number of anilines is 2. The van der Waals surface area contributed by atoms with Crippen LogP contribution in [-0.2, 0) is 7.05 Å². The summed E-state index contributed by atoms with van der Waals surface area (Å²) in [6.07, 6.45) is 3.02. The number of carbonyl (C=O) groups excluding carboxylic acids is 1. The molecule has 0 aliphatic rings. The van der Waals surface area contributed by atoms with Crippen LogP contribution in [0.1, 0.15) is 44.1 Å². The summed E-state index contributed by atoms with van der Waals surface area (Å²) < 4.78 is 42.8. The van der Waals surface area contributed by atoms with Crippen molar-refractivity contribution in [2.45, 2.75) is 39.2 Å². The van der Waals surface area contributed by atoms with Gasteiger partial charge in [0, 0.05) is 30.5 Å². The Labute approximate surface area is 155 Å². The molecule has 0 aliphatic heterocycles. The Morgan fingerprint density at radius 2 is 1.81 bits per heavy atom. The minimum Gasteiger partial charge on any atom is -0.376 e. The fraction of sp³-hybridized carbons (Fsp3) is 0.389. The zero-order valence-corrected chi connectivity index (χ0v) is 15.8. The predicted octanol–water partition coefficient (Wildman–Crippen LogP) is 5.34. The molecule has 2 aromatic rings. The van der Waals surface area contributed by atoms with Gasteiger partial charge >= 0.3 is 0 Å². The summed E-state index contributed by atoms with van der Waals surface area (Å²) in [7, 11) is 1.52. The van der Waals surface area contributed by atoms with Gasteiger partial charge in [0.05, 0.1) is 10.7 Å². The van der Waals surface area contributed by atoms with Gasteiger partial charge in [0.25, 0.3) is 5.91 Å². The lowest BCUT2D eigenvalue weighted by molar-refractivity contribution is 0.101. The topological polar surface area (TPSA) is 46.1 Å². The summed E-state index contributed by atoms with van der Waals surface area (Å²) in [4.78, 5) is 12.4. The van der Waals surface area contributed by atoms with Crippen LogP contribution in [0, 0.1) is 17.5 Å². The van der Waals surface area contributed by atoms with E-state index in [1.54, 1.807) is 0 Å². The maximum atomic E-state index is 14.8. The quantitative estimate of drug-likeness (QED) is 0.657.